The normalized spacial score (nSPS) is 17.4. The molecule has 1 aliphatic carbocycles. The third-order valence-electron chi connectivity index (χ3n) is 4.19. The number of ether oxygens (including phenoxy) is 1. The number of methoxy groups -OCH3 is 1. The number of benzene rings is 1. The Morgan fingerprint density at radius 2 is 1.75 bits per heavy atom. The highest BCUT2D eigenvalue weighted by Gasteiger charge is 2.42. The Bertz CT molecular complexity index is 484. The third-order valence-corrected chi connectivity index (χ3v) is 4.19. The van der Waals surface area contributed by atoms with E-state index < -0.39 is 17.2 Å². The lowest BCUT2D eigenvalue weighted by Gasteiger charge is -2.34. The summed E-state index contributed by atoms with van der Waals surface area (Å²) in [5, 5.41) is 9.09. The molecular weight excluding hydrogens is 256 g/mol. The van der Waals surface area contributed by atoms with Crippen molar-refractivity contribution in [2.75, 3.05) is 7.11 Å². The van der Waals surface area contributed by atoms with Crippen molar-refractivity contribution in [3.63, 3.8) is 0 Å². The molecule has 0 saturated heterocycles. The molecule has 0 atom stereocenters. The zero-order chi connectivity index (χ0) is 14.6. The van der Waals surface area contributed by atoms with Crippen molar-refractivity contribution in [2.45, 2.75) is 38.5 Å². The van der Waals surface area contributed by atoms with Gasteiger partial charge in [0.1, 0.15) is 5.75 Å². The topological polar surface area (TPSA) is 63.6 Å². The van der Waals surface area contributed by atoms with E-state index in [1.54, 1.807) is 7.11 Å². The number of carboxylic acids is 1. The van der Waals surface area contributed by atoms with E-state index >= 15 is 0 Å². The predicted octanol–water partition coefficient (Wildman–Crippen LogP) is 2.84. The highest BCUT2D eigenvalue weighted by molar-refractivity contribution is 6.34. The number of carbonyl (C=O) groups is 2. The molecule has 0 spiro atoms. The van der Waals surface area contributed by atoms with Crippen LogP contribution in [0.25, 0.3) is 0 Å². The second-order valence-electron chi connectivity index (χ2n) is 5.50. The fourth-order valence-corrected chi connectivity index (χ4v) is 3.07. The van der Waals surface area contributed by atoms with Gasteiger partial charge in [-0.2, -0.15) is 0 Å². The minimum Gasteiger partial charge on any atom is -0.497 e. The first-order valence-corrected chi connectivity index (χ1v) is 6.98. The first kappa shape index (κ1) is 14.6. The Hall–Kier alpha value is -1.84. The molecule has 1 saturated carbocycles. The molecule has 1 N–H and O–H groups in total. The maximum Gasteiger partial charge on any atom is 0.372 e. The number of aliphatic carboxylic acids is 1. The summed E-state index contributed by atoms with van der Waals surface area (Å²) in [6, 6.07) is 7.50. The Balaban J connectivity index is 2.22. The summed E-state index contributed by atoms with van der Waals surface area (Å²) in [4.78, 5) is 23.2. The minimum atomic E-state index is -1.31. The van der Waals surface area contributed by atoms with Crippen molar-refractivity contribution in [1.29, 1.82) is 0 Å². The van der Waals surface area contributed by atoms with Gasteiger partial charge in [0, 0.05) is 5.41 Å². The van der Waals surface area contributed by atoms with Crippen LogP contribution in [0.1, 0.15) is 37.7 Å². The number of rotatable bonds is 5. The van der Waals surface area contributed by atoms with E-state index in [4.69, 9.17) is 9.84 Å². The van der Waals surface area contributed by atoms with Crippen LogP contribution in [0.4, 0.5) is 0 Å². The smallest absolute Gasteiger partial charge is 0.372 e. The lowest BCUT2D eigenvalue weighted by Crippen LogP contribution is -2.40. The number of hydrogen-bond donors (Lipinski definition) is 1. The van der Waals surface area contributed by atoms with Gasteiger partial charge in [0.05, 0.1) is 7.11 Å². The van der Waals surface area contributed by atoms with Gasteiger partial charge in [0.15, 0.2) is 0 Å². The molecule has 20 heavy (non-hydrogen) atoms. The van der Waals surface area contributed by atoms with Crippen LogP contribution in [0.5, 0.6) is 5.75 Å². The second kappa shape index (κ2) is 6.07. The summed E-state index contributed by atoms with van der Waals surface area (Å²) < 4.78 is 5.11. The quantitative estimate of drug-likeness (QED) is 0.840. The SMILES string of the molecule is COc1ccc(CC2(C(=O)C(=O)O)CCCCC2)cc1. The van der Waals surface area contributed by atoms with E-state index in [0.717, 1.165) is 30.6 Å². The van der Waals surface area contributed by atoms with Crippen LogP contribution in [0, 0.1) is 5.41 Å². The van der Waals surface area contributed by atoms with Gasteiger partial charge >= 0.3 is 5.97 Å². The monoisotopic (exact) mass is 276 g/mol. The van der Waals surface area contributed by atoms with E-state index in [-0.39, 0.29) is 0 Å². The van der Waals surface area contributed by atoms with Crippen LogP contribution in [0.2, 0.25) is 0 Å². The summed E-state index contributed by atoms with van der Waals surface area (Å²) in [6.45, 7) is 0. The van der Waals surface area contributed by atoms with Gasteiger partial charge in [-0.1, -0.05) is 31.4 Å². The van der Waals surface area contributed by atoms with Crippen LogP contribution < -0.4 is 4.74 Å². The van der Waals surface area contributed by atoms with Gasteiger partial charge in [0.25, 0.3) is 0 Å². The second-order valence-corrected chi connectivity index (χ2v) is 5.50. The predicted molar refractivity (Wildman–Crippen MR) is 74.9 cm³/mol. The van der Waals surface area contributed by atoms with Crippen molar-refractivity contribution in [2.24, 2.45) is 5.41 Å². The van der Waals surface area contributed by atoms with Gasteiger partial charge in [-0.15, -0.1) is 0 Å². The van der Waals surface area contributed by atoms with Gasteiger partial charge in [-0.3, -0.25) is 4.79 Å². The van der Waals surface area contributed by atoms with Crippen molar-refractivity contribution in [3.05, 3.63) is 29.8 Å². The van der Waals surface area contributed by atoms with E-state index in [1.165, 1.54) is 0 Å². The Labute approximate surface area is 118 Å². The molecular formula is C16H20O4. The molecule has 4 heteroatoms. The van der Waals surface area contributed by atoms with E-state index in [0.29, 0.717) is 19.3 Å². The van der Waals surface area contributed by atoms with Crippen molar-refractivity contribution < 1.29 is 19.4 Å². The standard InChI is InChI=1S/C16H20O4/c1-20-13-7-5-12(6-8-13)11-16(14(17)15(18)19)9-3-2-4-10-16/h5-8H,2-4,9-11H2,1H3,(H,18,19). The maximum atomic E-state index is 12.1. The van der Waals surface area contributed by atoms with Crippen LogP contribution >= 0.6 is 0 Å². The average molecular weight is 276 g/mol. The van der Waals surface area contributed by atoms with Crippen molar-refractivity contribution in [3.8, 4) is 5.75 Å². The number of carboxylic acid groups (broad SMARTS) is 1. The van der Waals surface area contributed by atoms with Gasteiger partial charge in [0.2, 0.25) is 5.78 Å². The minimum absolute atomic E-state index is 0.502. The molecule has 1 aromatic carbocycles. The van der Waals surface area contributed by atoms with E-state index in [2.05, 4.69) is 0 Å². The maximum absolute atomic E-state index is 12.1. The molecule has 1 fully saturated rings. The lowest BCUT2D eigenvalue weighted by molar-refractivity contribution is -0.155. The summed E-state index contributed by atoms with van der Waals surface area (Å²) >= 11 is 0. The Morgan fingerprint density at radius 1 is 1.15 bits per heavy atom. The molecule has 0 amide bonds. The Kier molecular flexibility index (Phi) is 4.42. The first-order chi connectivity index (χ1) is 9.57. The molecule has 0 unspecified atom stereocenters. The molecule has 0 bridgehead atoms. The Morgan fingerprint density at radius 3 is 2.25 bits per heavy atom. The van der Waals surface area contributed by atoms with E-state index in [1.807, 2.05) is 24.3 Å². The third kappa shape index (κ3) is 3.00. The molecule has 0 aromatic heterocycles. The molecule has 108 valence electrons. The fourth-order valence-electron chi connectivity index (χ4n) is 3.07. The number of Topliss-reactive ketones (excluding diaryl/α,β-unsaturated/α-hetero) is 1. The van der Waals surface area contributed by atoms with Crippen molar-refractivity contribution >= 4 is 11.8 Å². The highest BCUT2D eigenvalue weighted by atomic mass is 16.5. The summed E-state index contributed by atoms with van der Waals surface area (Å²) in [5.74, 6) is -1.18. The fraction of sp³-hybridized carbons (Fsp3) is 0.500. The first-order valence-electron chi connectivity index (χ1n) is 6.98. The molecule has 0 heterocycles. The van der Waals surface area contributed by atoms with Gasteiger partial charge in [-0.25, -0.2) is 4.79 Å². The molecule has 4 nitrogen and oxygen atoms in total. The molecule has 2 rings (SSSR count). The van der Waals surface area contributed by atoms with E-state index in [9.17, 15) is 9.59 Å². The molecule has 0 radical (unpaired) electrons. The zero-order valence-corrected chi connectivity index (χ0v) is 11.7. The van der Waals surface area contributed by atoms with Gasteiger partial charge in [-0.05, 0) is 37.0 Å². The number of hydrogen-bond acceptors (Lipinski definition) is 3. The molecule has 0 aliphatic heterocycles. The van der Waals surface area contributed by atoms with Crippen molar-refractivity contribution in [1.82, 2.24) is 0 Å². The summed E-state index contributed by atoms with van der Waals surface area (Å²) in [7, 11) is 1.60. The number of ketones is 1. The number of carbonyl (C=O) groups excluding carboxylic acids is 1. The molecule has 1 aromatic rings. The lowest BCUT2D eigenvalue weighted by atomic mass is 9.67. The van der Waals surface area contributed by atoms with Crippen LogP contribution in [-0.2, 0) is 16.0 Å². The highest BCUT2D eigenvalue weighted by Crippen LogP contribution is 2.40. The zero-order valence-electron chi connectivity index (χ0n) is 11.7. The van der Waals surface area contributed by atoms with Crippen LogP contribution in [0.3, 0.4) is 0 Å². The molecule has 1 aliphatic rings. The summed E-state index contributed by atoms with van der Waals surface area (Å²) in [6.07, 6.45) is 4.78. The average Bonchev–Trinajstić information content (AvgIpc) is 2.48. The largest absolute Gasteiger partial charge is 0.497 e. The van der Waals surface area contributed by atoms with Crippen LogP contribution in [-0.4, -0.2) is 24.0 Å². The summed E-state index contributed by atoms with van der Waals surface area (Å²) in [5.41, 5.74) is 0.265. The van der Waals surface area contributed by atoms with Crippen LogP contribution in [0.15, 0.2) is 24.3 Å². The van der Waals surface area contributed by atoms with Gasteiger partial charge < -0.3 is 9.84 Å².